The monoisotopic (exact) mass is 233 g/mol. The molecule has 0 N–H and O–H groups in total. The van der Waals surface area contributed by atoms with Crippen molar-refractivity contribution in [3.63, 3.8) is 0 Å². The maximum absolute atomic E-state index is 5.55. The van der Waals surface area contributed by atoms with Gasteiger partial charge in [-0.25, -0.2) is 0 Å². The molecule has 90 valence electrons. The summed E-state index contributed by atoms with van der Waals surface area (Å²) in [5.74, 6) is -0.661. The molecule has 0 spiro atoms. The topological polar surface area (TPSA) is 30.9 Å². The SMILES string of the molecule is COC1CCN(CCC[SiH3])C1(OC)OC. The van der Waals surface area contributed by atoms with Crippen LogP contribution in [0.4, 0.5) is 0 Å². The number of rotatable bonds is 6. The highest BCUT2D eigenvalue weighted by Crippen LogP contribution is 2.33. The summed E-state index contributed by atoms with van der Waals surface area (Å²) in [6.45, 7) is 2.02. The molecule has 5 heteroatoms. The highest BCUT2D eigenvalue weighted by atomic mass is 28.1. The number of hydrogen-bond acceptors (Lipinski definition) is 4. The van der Waals surface area contributed by atoms with Crippen LogP contribution in [-0.2, 0) is 14.2 Å². The van der Waals surface area contributed by atoms with Crippen molar-refractivity contribution in [2.45, 2.75) is 30.9 Å². The standard InChI is InChI=1S/C10H23NO3Si/c1-12-9-5-7-11(6-4-8-15)10(9,13-2)14-3/h9H,4-8H2,1-3,15H3. The van der Waals surface area contributed by atoms with Crippen molar-refractivity contribution in [2.24, 2.45) is 0 Å². The Morgan fingerprint density at radius 1 is 1.33 bits per heavy atom. The molecule has 1 aliphatic heterocycles. The predicted octanol–water partition coefficient (Wildman–Crippen LogP) is -0.173. The van der Waals surface area contributed by atoms with Gasteiger partial charge in [-0.2, -0.15) is 0 Å². The second kappa shape index (κ2) is 5.96. The summed E-state index contributed by atoms with van der Waals surface area (Å²) in [5, 5.41) is 0. The number of hydrogen-bond donors (Lipinski definition) is 0. The molecule has 0 saturated carbocycles. The molecule has 4 nitrogen and oxygen atoms in total. The zero-order valence-electron chi connectivity index (χ0n) is 10.3. The van der Waals surface area contributed by atoms with Crippen molar-refractivity contribution in [2.75, 3.05) is 34.4 Å². The normalized spacial score (nSPS) is 26.2. The maximum atomic E-state index is 5.55. The lowest BCUT2D eigenvalue weighted by atomic mass is 10.2. The highest BCUT2D eigenvalue weighted by Gasteiger charge is 2.50. The van der Waals surface area contributed by atoms with Gasteiger partial charge in [-0.15, -0.1) is 0 Å². The number of methoxy groups -OCH3 is 3. The van der Waals surface area contributed by atoms with Gasteiger partial charge in [-0.1, -0.05) is 6.04 Å². The molecule has 1 heterocycles. The molecule has 1 unspecified atom stereocenters. The second-order valence-corrected chi connectivity index (χ2v) is 4.89. The summed E-state index contributed by atoms with van der Waals surface area (Å²) < 4.78 is 16.5. The van der Waals surface area contributed by atoms with Crippen molar-refractivity contribution >= 4 is 10.2 Å². The molecular weight excluding hydrogens is 210 g/mol. The molecule has 1 saturated heterocycles. The van der Waals surface area contributed by atoms with E-state index in [1.165, 1.54) is 22.7 Å². The van der Waals surface area contributed by atoms with Gasteiger partial charge >= 0.3 is 0 Å². The minimum Gasteiger partial charge on any atom is -0.374 e. The van der Waals surface area contributed by atoms with Crippen LogP contribution < -0.4 is 0 Å². The fraction of sp³-hybridized carbons (Fsp3) is 1.00. The van der Waals surface area contributed by atoms with Gasteiger partial charge in [0.2, 0.25) is 0 Å². The van der Waals surface area contributed by atoms with Crippen molar-refractivity contribution in [1.29, 1.82) is 0 Å². The molecule has 15 heavy (non-hydrogen) atoms. The van der Waals surface area contributed by atoms with E-state index in [1.807, 2.05) is 0 Å². The molecule has 0 aromatic carbocycles. The third kappa shape index (κ3) is 2.42. The van der Waals surface area contributed by atoms with Crippen LogP contribution in [0.25, 0.3) is 0 Å². The van der Waals surface area contributed by atoms with E-state index in [2.05, 4.69) is 4.90 Å². The smallest absolute Gasteiger partial charge is 0.257 e. The van der Waals surface area contributed by atoms with Crippen LogP contribution in [0, 0.1) is 0 Å². The molecule has 0 bridgehead atoms. The molecule has 0 aromatic rings. The van der Waals surface area contributed by atoms with Crippen LogP contribution in [0.2, 0.25) is 6.04 Å². The first-order valence-corrected chi connectivity index (χ1v) is 7.04. The Hall–Kier alpha value is 0.0569. The minimum atomic E-state index is -0.661. The van der Waals surface area contributed by atoms with Crippen molar-refractivity contribution < 1.29 is 14.2 Å². The Bertz CT molecular complexity index is 188. The van der Waals surface area contributed by atoms with Gasteiger partial charge in [0.1, 0.15) is 6.10 Å². The average Bonchev–Trinajstić information content (AvgIpc) is 2.64. The van der Waals surface area contributed by atoms with E-state index in [4.69, 9.17) is 14.2 Å². The third-order valence-electron chi connectivity index (χ3n) is 3.16. The van der Waals surface area contributed by atoms with E-state index in [-0.39, 0.29) is 6.10 Å². The van der Waals surface area contributed by atoms with Crippen molar-refractivity contribution in [3.8, 4) is 0 Å². The summed E-state index contributed by atoms with van der Waals surface area (Å²) in [6.07, 6.45) is 2.21. The van der Waals surface area contributed by atoms with E-state index in [0.717, 1.165) is 19.5 Å². The Balaban J connectivity index is 2.70. The Labute approximate surface area is 95.3 Å². The lowest BCUT2D eigenvalue weighted by Crippen LogP contribution is -2.54. The lowest BCUT2D eigenvalue weighted by molar-refractivity contribution is -0.316. The summed E-state index contributed by atoms with van der Waals surface area (Å²) in [7, 11) is 6.36. The van der Waals surface area contributed by atoms with E-state index in [0.29, 0.717) is 0 Å². The quantitative estimate of drug-likeness (QED) is 0.471. The van der Waals surface area contributed by atoms with E-state index >= 15 is 0 Å². The van der Waals surface area contributed by atoms with Crippen LogP contribution in [-0.4, -0.2) is 61.6 Å². The van der Waals surface area contributed by atoms with Crippen LogP contribution in [0.15, 0.2) is 0 Å². The van der Waals surface area contributed by atoms with Crippen molar-refractivity contribution in [1.82, 2.24) is 4.90 Å². The highest BCUT2D eigenvalue weighted by molar-refractivity contribution is 6.08. The molecule has 0 aromatic heterocycles. The van der Waals surface area contributed by atoms with Gasteiger partial charge in [0.15, 0.2) is 0 Å². The Morgan fingerprint density at radius 3 is 2.47 bits per heavy atom. The zero-order chi connectivity index (χ0) is 11.3. The summed E-state index contributed by atoms with van der Waals surface area (Å²) >= 11 is 0. The summed E-state index contributed by atoms with van der Waals surface area (Å²) in [6, 6.07) is 1.32. The van der Waals surface area contributed by atoms with Crippen LogP contribution in [0.5, 0.6) is 0 Å². The van der Waals surface area contributed by atoms with Crippen LogP contribution >= 0.6 is 0 Å². The van der Waals surface area contributed by atoms with Gasteiger partial charge in [0, 0.05) is 44.7 Å². The number of likely N-dealkylation sites (tertiary alicyclic amines) is 1. The second-order valence-electron chi connectivity index (χ2n) is 3.89. The van der Waals surface area contributed by atoms with Gasteiger partial charge in [-0.3, -0.25) is 4.90 Å². The minimum absolute atomic E-state index is 0.0154. The van der Waals surface area contributed by atoms with E-state index in [9.17, 15) is 0 Å². The molecule has 0 radical (unpaired) electrons. The molecule has 0 amide bonds. The Kier molecular flexibility index (Phi) is 5.21. The summed E-state index contributed by atoms with van der Waals surface area (Å²) in [4.78, 5) is 2.25. The molecule has 1 atom stereocenters. The number of nitrogens with zero attached hydrogens (tertiary/aromatic N) is 1. The first-order chi connectivity index (χ1) is 7.25. The molecular formula is C10H23NO3Si. The lowest BCUT2D eigenvalue weighted by Gasteiger charge is -2.38. The zero-order valence-corrected chi connectivity index (χ0v) is 12.3. The molecule has 0 aliphatic carbocycles. The van der Waals surface area contributed by atoms with Gasteiger partial charge in [0.25, 0.3) is 5.91 Å². The first kappa shape index (κ1) is 13.1. The first-order valence-electron chi connectivity index (χ1n) is 5.63. The van der Waals surface area contributed by atoms with Crippen LogP contribution in [0.3, 0.4) is 0 Å². The fourth-order valence-corrected chi connectivity index (χ4v) is 2.62. The average molecular weight is 233 g/mol. The largest absolute Gasteiger partial charge is 0.374 e. The van der Waals surface area contributed by atoms with Gasteiger partial charge in [0.05, 0.1) is 0 Å². The van der Waals surface area contributed by atoms with E-state index in [1.54, 1.807) is 21.3 Å². The maximum Gasteiger partial charge on any atom is 0.257 e. The number of ether oxygens (including phenoxy) is 3. The van der Waals surface area contributed by atoms with Gasteiger partial charge in [-0.05, 0) is 12.8 Å². The Morgan fingerprint density at radius 2 is 2.00 bits per heavy atom. The van der Waals surface area contributed by atoms with Crippen molar-refractivity contribution in [3.05, 3.63) is 0 Å². The van der Waals surface area contributed by atoms with Gasteiger partial charge < -0.3 is 14.2 Å². The van der Waals surface area contributed by atoms with E-state index < -0.39 is 5.91 Å². The predicted molar refractivity (Wildman–Crippen MR) is 63.1 cm³/mol. The summed E-state index contributed by atoms with van der Waals surface area (Å²) in [5.41, 5.74) is 0. The molecule has 1 rings (SSSR count). The third-order valence-corrected chi connectivity index (χ3v) is 3.87. The fourth-order valence-electron chi connectivity index (χ4n) is 2.30. The molecule has 1 aliphatic rings. The molecule has 1 fully saturated rings. The van der Waals surface area contributed by atoms with Crippen LogP contribution in [0.1, 0.15) is 12.8 Å².